The van der Waals surface area contributed by atoms with Gasteiger partial charge in [0.25, 0.3) is 0 Å². The number of aromatic nitrogens is 2. The summed E-state index contributed by atoms with van der Waals surface area (Å²) >= 11 is 5.54. The van der Waals surface area contributed by atoms with Crippen LogP contribution in [0.5, 0.6) is 0 Å². The molecule has 7 heteroatoms. The molecule has 0 aliphatic carbocycles. The van der Waals surface area contributed by atoms with Crippen LogP contribution in [0.15, 0.2) is 33.6 Å². The van der Waals surface area contributed by atoms with Crippen LogP contribution in [0.4, 0.5) is 0 Å². The number of halogens is 1. The summed E-state index contributed by atoms with van der Waals surface area (Å²) in [4.78, 5) is 0.209. The van der Waals surface area contributed by atoms with Crippen LogP contribution in [0.1, 0.15) is 5.89 Å². The van der Waals surface area contributed by atoms with E-state index in [4.69, 9.17) is 16.0 Å². The van der Waals surface area contributed by atoms with E-state index in [0.717, 1.165) is 6.26 Å². The Morgan fingerprint density at radius 2 is 2.12 bits per heavy atom. The molecule has 0 aliphatic rings. The summed E-state index contributed by atoms with van der Waals surface area (Å²) < 4.78 is 28.0. The lowest BCUT2D eigenvalue weighted by molar-refractivity contribution is 0.527. The SMILES string of the molecule is CS(=O)(=O)c1cccc(-c2nnc(CCl)o2)c1. The minimum atomic E-state index is -3.25. The van der Waals surface area contributed by atoms with E-state index in [1.807, 2.05) is 0 Å². The standard InChI is InChI=1S/C10H9ClN2O3S/c1-17(14,15)8-4-2-3-7(5-8)10-13-12-9(6-11)16-10/h2-5H,6H2,1H3. The molecule has 2 rings (SSSR count). The van der Waals surface area contributed by atoms with Gasteiger partial charge in [0.05, 0.1) is 4.90 Å². The molecule has 0 bridgehead atoms. The molecule has 1 aromatic carbocycles. The Labute approximate surface area is 103 Å². The maximum Gasteiger partial charge on any atom is 0.247 e. The largest absolute Gasteiger partial charge is 0.419 e. The molecule has 1 heterocycles. The quantitative estimate of drug-likeness (QED) is 0.798. The zero-order chi connectivity index (χ0) is 12.5. The first kappa shape index (κ1) is 12.1. The molecule has 0 saturated carbocycles. The van der Waals surface area contributed by atoms with Crippen LogP contribution in [0.25, 0.3) is 11.5 Å². The molecule has 0 spiro atoms. The predicted molar refractivity (Wildman–Crippen MR) is 62.4 cm³/mol. The maximum atomic E-state index is 11.4. The van der Waals surface area contributed by atoms with Crippen molar-refractivity contribution in [1.29, 1.82) is 0 Å². The van der Waals surface area contributed by atoms with Gasteiger partial charge in [-0.2, -0.15) is 0 Å². The van der Waals surface area contributed by atoms with Gasteiger partial charge in [-0.25, -0.2) is 8.42 Å². The third-order valence-electron chi connectivity index (χ3n) is 2.09. The van der Waals surface area contributed by atoms with E-state index in [2.05, 4.69) is 10.2 Å². The Bertz CT molecular complexity index is 637. The number of hydrogen-bond acceptors (Lipinski definition) is 5. The minimum Gasteiger partial charge on any atom is -0.419 e. The Kier molecular flexibility index (Phi) is 3.17. The summed E-state index contributed by atoms with van der Waals surface area (Å²) in [5.74, 6) is 0.677. The minimum absolute atomic E-state index is 0.124. The van der Waals surface area contributed by atoms with Crippen LogP contribution in [-0.2, 0) is 15.7 Å². The Hall–Kier alpha value is -1.40. The molecule has 17 heavy (non-hydrogen) atoms. The number of hydrogen-bond donors (Lipinski definition) is 0. The van der Waals surface area contributed by atoms with Crippen LogP contribution in [0.2, 0.25) is 0 Å². The van der Waals surface area contributed by atoms with Gasteiger partial charge in [0.2, 0.25) is 11.8 Å². The van der Waals surface area contributed by atoms with E-state index in [1.54, 1.807) is 12.1 Å². The monoisotopic (exact) mass is 272 g/mol. The van der Waals surface area contributed by atoms with Crippen molar-refractivity contribution in [3.63, 3.8) is 0 Å². The average molecular weight is 273 g/mol. The molecule has 0 saturated heterocycles. The van der Waals surface area contributed by atoms with Gasteiger partial charge in [-0.05, 0) is 18.2 Å². The van der Waals surface area contributed by atoms with Gasteiger partial charge in [0.15, 0.2) is 9.84 Å². The highest BCUT2D eigenvalue weighted by Crippen LogP contribution is 2.21. The molecule has 2 aromatic rings. The molecule has 0 unspecified atom stereocenters. The molecule has 0 atom stereocenters. The van der Waals surface area contributed by atoms with Crippen molar-refractivity contribution in [2.45, 2.75) is 10.8 Å². The topological polar surface area (TPSA) is 73.1 Å². The zero-order valence-corrected chi connectivity index (χ0v) is 10.5. The summed E-state index contributed by atoms with van der Waals surface area (Å²) in [6, 6.07) is 6.31. The highest BCUT2D eigenvalue weighted by molar-refractivity contribution is 7.90. The number of rotatable bonds is 3. The van der Waals surface area contributed by atoms with Crippen molar-refractivity contribution >= 4 is 21.4 Å². The second kappa shape index (κ2) is 4.46. The van der Waals surface area contributed by atoms with Crippen molar-refractivity contribution in [1.82, 2.24) is 10.2 Å². The fourth-order valence-corrected chi connectivity index (χ4v) is 2.06. The lowest BCUT2D eigenvalue weighted by Crippen LogP contribution is -1.96. The van der Waals surface area contributed by atoms with Crippen LogP contribution >= 0.6 is 11.6 Å². The second-order valence-electron chi connectivity index (χ2n) is 3.43. The van der Waals surface area contributed by atoms with E-state index >= 15 is 0 Å². The Balaban J connectivity index is 2.46. The summed E-state index contributed by atoms with van der Waals surface area (Å²) in [5.41, 5.74) is 0.553. The molecule has 1 aromatic heterocycles. The van der Waals surface area contributed by atoms with Gasteiger partial charge >= 0.3 is 0 Å². The average Bonchev–Trinajstić information content (AvgIpc) is 2.76. The van der Waals surface area contributed by atoms with Crippen molar-refractivity contribution in [2.24, 2.45) is 0 Å². The molecular weight excluding hydrogens is 264 g/mol. The number of alkyl halides is 1. The highest BCUT2D eigenvalue weighted by Gasteiger charge is 2.12. The molecule has 90 valence electrons. The second-order valence-corrected chi connectivity index (χ2v) is 5.72. The normalized spacial score (nSPS) is 11.6. The zero-order valence-electron chi connectivity index (χ0n) is 8.92. The molecular formula is C10H9ClN2O3S. The molecule has 0 aliphatic heterocycles. The van der Waals surface area contributed by atoms with Gasteiger partial charge in [0, 0.05) is 11.8 Å². The van der Waals surface area contributed by atoms with Gasteiger partial charge in [0.1, 0.15) is 5.88 Å². The van der Waals surface area contributed by atoms with Crippen molar-refractivity contribution in [2.75, 3.05) is 6.26 Å². The van der Waals surface area contributed by atoms with Crippen LogP contribution in [0.3, 0.4) is 0 Å². The molecule has 0 fully saturated rings. The number of nitrogens with zero attached hydrogens (tertiary/aromatic N) is 2. The predicted octanol–water partition coefficient (Wildman–Crippen LogP) is 1.88. The highest BCUT2D eigenvalue weighted by atomic mass is 35.5. The first-order valence-electron chi connectivity index (χ1n) is 4.69. The van der Waals surface area contributed by atoms with E-state index in [9.17, 15) is 8.42 Å². The fourth-order valence-electron chi connectivity index (χ4n) is 1.28. The summed E-state index contributed by atoms with van der Waals surface area (Å²) in [6.45, 7) is 0. The maximum absolute atomic E-state index is 11.4. The first-order chi connectivity index (χ1) is 8.00. The smallest absolute Gasteiger partial charge is 0.247 e. The molecule has 0 amide bonds. The van der Waals surface area contributed by atoms with Crippen LogP contribution in [0, 0.1) is 0 Å². The van der Waals surface area contributed by atoms with Gasteiger partial charge in [-0.3, -0.25) is 0 Å². The third kappa shape index (κ3) is 2.65. The van der Waals surface area contributed by atoms with E-state index in [-0.39, 0.29) is 16.7 Å². The van der Waals surface area contributed by atoms with Gasteiger partial charge in [-0.1, -0.05) is 6.07 Å². The molecule has 5 nitrogen and oxygen atoms in total. The molecule has 0 radical (unpaired) electrons. The summed E-state index contributed by atoms with van der Waals surface area (Å²) in [7, 11) is -3.25. The Morgan fingerprint density at radius 1 is 1.35 bits per heavy atom. The number of benzene rings is 1. The third-order valence-corrected chi connectivity index (χ3v) is 3.43. The van der Waals surface area contributed by atoms with E-state index < -0.39 is 9.84 Å². The number of sulfone groups is 1. The molecule has 0 N–H and O–H groups in total. The van der Waals surface area contributed by atoms with Crippen LogP contribution in [-0.4, -0.2) is 24.9 Å². The summed E-state index contributed by atoms with van der Waals surface area (Å²) in [6.07, 6.45) is 1.14. The van der Waals surface area contributed by atoms with Crippen molar-refractivity contribution in [3.8, 4) is 11.5 Å². The van der Waals surface area contributed by atoms with Gasteiger partial charge in [-0.15, -0.1) is 21.8 Å². The lowest BCUT2D eigenvalue weighted by atomic mass is 10.2. The summed E-state index contributed by atoms with van der Waals surface area (Å²) in [5, 5.41) is 7.49. The Morgan fingerprint density at radius 3 is 2.71 bits per heavy atom. The fraction of sp³-hybridized carbons (Fsp3) is 0.200. The lowest BCUT2D eigenvalue weighted by Gasteiger charge is -1.99. The van der Waals surface area contributed by atoms with Gasteiger partial charge < -0.3 is 4.42 Å². The van der Waals surface area contributed by atoms with Crippen LogP contribution < -0.4 is 0 Å². The van der Waals surface area contributed by atoms with E-state index in [0.29, 0.717) is 11.5 Å². The first-order valence-corrected chi connectivity index (χ1v) is 7.12. The van der Waals surface area contributed by atoms with Crippen molar-refractivity contribution in [3.05, 3.63) is 30.2 Å². The van der Waals surface area contributed by atoms with Crippen molar-refractivity contribution < 1.29 is 12.8 Å². The van der Waals surface area contributed by atoms with E-state index in [1.165, 1.54) is 12.1 Å².